The van der Waals surface area contributed by atoms with E-state index in [0.717, 1.165) is 11.5 Å². The van der Waals surface area contributed by atoms with Crippen molar-refractivity contribution in [2.75, 3.05) is 7.11 Å². The topological polar surface area (TPSA) is 9.23 Å². The number of thioether (sulfide) groups is 1. The first kappa shape index (κ1) is 11.7. The van der Waals surface area contributed by atoms with Crippen molar-refractivity contribution in [3.63, 3.8) is 0 Å². The molecular formula is C16H16OS. The lowest BCUT2D eigenvalue weighted by Crippen LogP contribution is -2.15. The number of ether oxygens (including phenoxy) is 1. The number of benzene rings is 2. The van der Waals surface area contributed by atoms with Gasteiger partial charge in [0.15, 0.2) is 0 Å². The third-order valence-electron chi connectivity index (χ3n) is 3.67. The number of hydrogen-bond donors (Lipinski definition) is 0. The molecule has 0 N–H and O–H groups in total. The van der Waals surface area contributed by atoms with Crippen LogP contribution in [-0.2, 0) is 10.5 Å². The van der Waals surface area contributed by atoms with E-state index in [1.165, 1.54) is 16.7 Å². The molecule has 1 aliphatic rings. The minimum atomic E-state index is 0.0468. The number of rotatable bonds is 2. The summed E-state index contributed by atoms with van der Waals surface area (Å²) in [5, 5.41) is 0. The maximum Gasteiger partial charge on any atom is 0.119 e. The highest BCUT2D eigenvalue weighted by Gasteiger charge is 2.36. The fraction of sp³-hybridized carbons (Fsp3) is 0.250. The van der Waals surface area contributed by atoms with E-state index >= 15 is 0 Å². The van der Waals surface area contributed by atoms with Crippen molar-refractivity contribution in [1.82, 2.24) is 0 Å². The summed E-state index contributed by atoms with van der Waals surface area (Å²) in [6, 6.07) is 17.1. The van der Waals surface area contributed by atoms with Crippen molar-refractivity contribution in [3.8, 4) is 5.75 Å². The lowest BCUT2D eigenvalue weighted by Gasteiger charge is -2.25. The molecule has 0 saturated heterocycles. The predicted octanol–water partition coefficient (Wildman–Crippen LogP) is 4.21. The molecule has 2 heteroatoms. The maximum absolute atomic E-state index is 5.36. The van der Waals surface area contributed by atoms with Crippen LogP contribution in [0.4, 0.5) is 0 Å². The van der Waals surface area contributed by atoms with E-state index in [9.17, 15) is 0 Å². The van der Waals surface area contributed by atoms with Gasteiger partial charge in [-0.3, -0.25) is 0 Å². The Kier molecular flexibility index (Phi) is 2.83. The normalized spacial score (nSPS) is 21.7. The highest BCUT2D eigenvalue weighted by molar-refractivity contribution is 8.00. The number of methoxy groups -OCH3 is 1. The van der Waals surface area contributed by atoms with Crippen molar-refractivity contribution in [3.05, 3.63) is 65.2 Å². The molecule has 1 unspecified atom stereocenters. The van der Waals surface area contributed by atoms with Gasteiger partial charge in [-0.25, -0.2) is 0 Å². The molecule has 92 valence electrons. The molecular weight excluding hydrogens is 240 g/mol. The van der Waals surface area contributed by atoms with Gasteiger partial charge >= 0.3 is 0 Å². The van der Waals surface area contributed by atoms with Gasteiger partial charge in [0.05, 0.1) is 11.9 Å². The van der Waals surface area contributed by atoms with Crippen LogP contribution in [0, 0.1) is 0 Å². The fourth-order valence-electron chi connectivity index (χ4n) is 2.55. The first-order valence-electron chi connectivity index (χ1n) is 6.11. The van der Waals surface area contributed by atoms with Gasteiger partial charge in [0.2, 0.25) is 0 Å². The van der Waals surface area contributed by atoms with Crippen molar-refractivity contribution < 1.29 is 4.74 Å². The van der Waals surface area contributed by atoms with Crippen LogP contribution in [0.15, 0.2) is 48.5 Å². The fourth-order valence-corrected chi connectivity index (χ4v) is 3.89. The third kappa shape index (κ3) is 1.72. The summed E-state index contributed by atoms with van der Waals surface area (Å²) in [4.78, 5) is 0. The molecule has 0 bridgehead atoms. The first-order valence-corrected chi connectivity index (χ1v) is 7.09. The van der Waals surface area contributed by atoms with E-state index in [-0.39, 0.29) is 4.75 Å². The molecule has 0 amide bonds. The largest absolute Gasteiger partial charge is 0.497 e. The molecule has 3 rings (SSSR count). The Morgan fingerprint density at radius 2 is 1.89 bits per heavy atom. The summed E-state index contributed by atoms with van der Waals surface area (Å²) >= 11 is 1.99. The smallest absolute Gasteiger partial charge is 0.119 e. The van der Waals surface area contributed by atoms with E-state index in [1.807, 2.05) is 11.8 Å². The highest BCUT2D eigenvalue weighted by atomic mass is 32.2. The van der Waals surface area contributed by atoms with Gasteiger partial charge in [0.1, 0.15) is 5.75 Å². The Bertz CT molecular complexity index is 565. The Labute approximate surface area is 112 Å². The van der Waals surface area contributed by atoms with Crippen LogP contribution in [0.5, 0.6) is 5.75 Å². The second kappa shape index (κ2) is 4.36. The van der Waals surface area contributed by atoms with Crippen LogP contribution in [0.3, 0.4) is 0 Å². The van der Waals surface area contributed by atoms with E-state index in [4.69, 9.17) is 4.74 Å². The number of hydrogen-bond acceptors (Lipinski definition) is 2. The Morgan fingerprint density at radius 1 is 1.11 bits per heavy atom. The molecule has 18 heavy (non-hydrogen) atoms. The molecule has 0 spiro atoms. The van der Waals surface area contributed by atoms with Crippen molar-refractivity contribution in [2.45, 2.75) is 17.4 Å². The summed E-state index contributed by atoms with van der Waals surface area (Å²) in [5.74, 6) is 2.02. The summed E-state index contributed by atoms with van der Waals surface area (Å²) < 4.78 is 5.41. The molecule has 1 aliphatic heterocycles. The van der Waals surface area contributed by atoms with E-state index < -0.39 is 0 Å². The van der Waals surface area contributed by atoms with E-state index in [1.54, 1.807) is 7.11 Å². The van der Waals surface area contributed by atoms with E-state index in [0.29, 0.717) is 0 Å². The number of fused-ring (bicyclic) bond motifs is 1. The molecule has 0 fully saturated rings. The molecule has 2 aromatic rings. The zero-order valence-corrected chi connectivity index (χ0v) is 11.5. The molecule has 1 nitrogen and oxygen atoms in total. The molecule has 0 aliphatic carbocycles. The third-order valence-corrected chi connectivity index (χ3v) is 5.16. The SMILES string of the molecule is COc1ccc2c(c1)C(C)(c1ccccc1)SC2. The minimum absolute atomic E-state index is 0.0468. The van der Waals surface area contributed by atoms with Gasteiger partial charge in [-0.2, -0.15) is 0 Å². The lowest BCUT2D eigenvalue weighted by molar-refractivity contribution is 0.414. The van der Waals surface area contributed by atoms with Crippen molar-refractivity contribution in [1.29, 1.82) is 0 Å². The van der Waals surface area contributed by atoms with E-state index in [2.05, 4.69) is 55.5 Å². The second-order valence-electron chi connectivity index (χ2n) is 4.71. The molecule has 1 atom stereocenters. The standard InChI is InChI=1S/C16H16OS/c1-16(13-6-4-3-5-7-13)15-10-14(17-2)9-8-12(15)11-18-16/h3-10H,11H2,1-2H3. The van der Waals surface area contributed by atoms with Crippen molar-refractivity contribution >= 4 is 11.8 Å². The average Bonchev–Trinajstić information content (AvgIpc) is 2.78. The zero-order chi connectivity index (χ0) is 12.6. The van der Waals surface area contributed by atoms with Gasteiger partial charge in [0, 0.05) is 5.75 Å². The first-order chi connectivity index (χ1) is 8.74. The molecule has 2 aromatic carbocycles. The quantitative estimate of drug-likeness (QED) is 0.796. The summed E-state index contributed by atoms with van der Waals surface area (Å²) in [5.41, 5.74) is 4.17. The van der Waals surface area contributed by atoms with Crippen molar-refractivity contribution in [2.24, 2.45) is 0 Å². The predicted molar refractivity (Wildman–Crippen MR) is 77.2 cm³/mol. The van der Waals surface area contributed by atoms with Crippen LogP contribution < -0.4 is 4.74 Å². The second-order valence-corrected chi connectivity index (χ2v) is 6.10. The monoisotopic (exact) mass is 256 g/mol. The van der Waals surface area contributed by atoms with Gasteiger partial charge < -0.3 is 4.74 Å². The maximum atomic E-state index is 5.36. The van der Waals surface area contributed by atoms with Gasteiger partial charge in [-0.1, -0.05) is 36.4 Å². The lowest BCUT2D eigenvalue weighted by atomic mass is 9.89. The van der Waals surface area contributed by atoms with Crippen LogP contribution in [0.25, 0.3) is 0 Å². The molecule has 0 saturated carbocycles. The van der Waals surface area contributed by atoms with Crippen LogP contribution in [0.2, 0.25) is 0 Å². The van der Waals surface area contributed by atoms with Crippen LogP contribution in [0.1, 0.15) is 23.6 Å². The molecule has 0 aromatic heterocycles. The summed E-state index contributed by atoms with van der Waals surface area (Å²) in [7, 11) is 1.73. The van der Waals surface area contributed by atoms with Gasteiger partial charge in [-0.15, -0.1) is 11.8 Å². The molecule has 0 radical (unpaired) electrons. The summed E-state index contributed by atoms with van der Waals surface area (Å²) in [6.07, 6.45) is 0. The highest BCUT2D eigenvalue weighted by Crippen LogP contribution is 2.51. The Balaban J connectivity index is 2.13. The Hall–Kier alpha value is -1.41. The Morgan fingerprint density at radius 3 is 2.61 bits per heavy atom. The van der Waals surface area contributed by atoms with Crippen LogP contribution in [-0.4, -0.2) is 7.11 Å². The van der Waals surface area contributed by atoms with Crippen LogP contribution >= 0.6 is 11.8 Å². The summed E-state index contributed by atoms with van der Waals surface area (Å²) in [6.45, 7) is 2.30. The minimum Gasteiger partial charge on any atom is -0.497 e. The zero-order valence-electron chi connectivity index (χ0n) is 10.6. The molecule has 1 heterocycles. The average molecular weight is 256 g/mol. The van der Waals surface area contributed by atoms with Gasteiger partial charge in [-0.05, 0) is 35.7 Å². The van der Waals surface area contributed by atoms with Gasteiger partial charge in [0.25, 0.3) is 0 Å².